The summed E-state index contributed by atoms with van der Waals surface area (Å²) in [6, 6.07) is 3.52. The van der Waals surface area contributed by atoms with E-state index in [0.29, 0.717) is 11.5 Å². The number of hydrogen-bond acceptors (Lipinski definition) is 3. The van der Waals surface area contributed by atoms with E-state index in [9.17, 15) is 4.79 Å². The lowest BCUT2D eigenvalue weighted by atomic mass is 10.1. The Morgan fingerprint density at radius 1 is 1.43 bits per heavy atom. The summed E-state index contributed by atoms with van der Waals surface area (Å²) in [5.74, 6) is 0.00991. The number of aryl methyl sites for hydroxylation is 1. The van der Waals surface area contributed by atoms with Crippen molar-refractivity contribution in [3.63, 3.8) is 0 Å². The van der Waals surface area contributed by atoms with Crippen molar-refractivity contribution in [3.05, 3.63) is 29.1 Å². The van der Waals surface area contributed by atoms with Crippen LogP contribution >= 0.6 is 0 Å². The molecule has 0 saturated heterocycles. The predicted molar refractivity (Wildman–Crippen MR) is 54.4 cm³/mol. The molecule has 1 rings (SSSR count). The molecule has 0 aliphatic carbocycles. The molecule has 0 saturated carbocycles. The molecule has 76 valence electrons. The van der Waals surface area contributed by atoms with Gasteiger partial charge in [-0.2, -0.15) is 0 Å². The molecule has 0 unspecified atom stereocenters. The molecule has 14 heavy (non-hydrogen) atoms. The third kappa shape index (κ3) is 2.31. The first kappa shape index (κ1) is 10.7. The summed E-state index contributed by atoms with van der Waals surface area (Å²) in [4.78, 5) is 15.6. The fourth-order valence-corrected chi connectivity index (χ4v) is 1.23. The third-order valence-electron chi connectivity index (χ3n) is 1.99. The lowest BCUT2D eigenvalue weighted by molar-refractivity contribution is 0.0600. The summed E-state index contributed by atoms with van der Waals surface area (Å²) in [5.41, 5.74) is 2.34. The molecule has 0 N–H and O–H groups in total. The Kier molecular flexibility index (Phi) is 3.23. The van der Waals surface area contributed by atoms with Crippen LogP contribution < -0.4 is 0 Å². The van der Waals surface area contributed by atoms with Gasteiger partial charge in [-0.15, -0.1) is 0 Å². The molecule has 1 heterocycles. The Balaban J connectivity index is 3.13. The molecule has 1 aromatic heterocycles. The van der Waals surface area contributed by atoms with E-state index in [1.54, 1.807) is 12.1 Å². The molecule has 0 bridgehead atoms. The molecule has 3 nitrogen and oxygen atoms in total. The topological polar surface area (TPSA) is 39.2 Å². The van der Waals surface area contributed by atoms with Crippen LogP contribution in [0.5, 0.6) is 0 Å². The van der Waals surface area contributed by atoms with Crippen LogP contribution in [-0.2, 0) is 4.74 Å². The number of aromatic nitrogens is 1. The molecular weight excluding hydrogens is 178 g/mol. The maximum Gasteiger partial charge on any atom is 0.337 e. The first-order valence-corrected chi connectivity index (χ1v) is 4.61. The minimum atomic E-state index is -0.308. The summed E-state index contributed by atoms with van der Waals surface area (Å²) in [6.45, 7) is 5.96. The summed E-state index contributed by atoms with van der Waals surface area (Å²) in [5, 5.41) is 0. The number of rotatable bonds is 2. The van der Waals surface area contributed by atoms with Gasteiger partial charge in [0.2, 0.25) is 0 Å². The van der Waals surface area contributed by atoms with Crippen molar-refractivity contribution in [2.24, 2.45) is 0 Å². The predicted octanol–water partition coefficient (Wildman–Crippen LogP) is 2.30. The highest BCUT2D eigenvalue weighted by atomic mass is 16.5. The number of carbonyl (C=O) groups is 1. The van der Waals surface area contributed by atoms with Crippen molar-refractivity contribution < 1.29 is 9.53 Å². The summed E-state index contributed by atoms with van der Waals surface area (Å²) >= 11 is 0. The van der Waals surface area contributed by atoms with Crippen LogP contribution in [-0.4, -0.2) is 18.1 Å². The van der Waals surface area contributed by atoms with Crippen LogP contribution in [0.1, 0.15) is 41.5 Å². The molecule has 0 radical (unpaired) electrons. The quantitative estimate of drug-likeness (QED) is 0.676. The van der Waals surface area contributed by atoms with Crippen LogP contribution in [0.3, 0.4) is 0 Å². The van der Waals surface area contributed by atoms with Crippen molar-refractivity contribution >= 4 is 5.97 Å². The van der Waals surface area contributed by atoms with E-state index in [-0.39, 0.29) is 5.97 Å². The SMILES string of the molecule is COC(=O)c1cc(C)nc(C(C)C)c1. The van der Waals surface area contributed by atoms with Crippen molar-refractivity contribution in [2.75, 3.05) is 7.11 Å². The molecule has 1 aromatic rings. The zero-order valence-electron chi connectivity index (χ0n) is 9.00. The van der Waals surface area contributed by atoms with Crippen LogP contribution in [0.2, 0.25) is 0 Å². The first-order chi connectivity index (χ1) is 6.54. The molecule has 0 aliphatic rings. The smallest absolute Gasteiger partial charge is 0.337 e. The molecule has 0 spiro atoms. The Bertz CT molecular complexity index is 345. The second-order valence-corrected chi connectivity index (χ2v) is 3.57. The lowest BCUT2D eigenvalue weighted by Crippen LogP contribution is -2.05. The maximum atomic E-state index is 11.3. The number of pyridine rings is 1. The molecule has 0 aromatic carbocycles. The third-order valence-corrected chi connectivity index (χ3v) is 1.99. The van der Waals surface area contributed by atoms with E-state index < -0.39 is 0 Å². The van der Waals surface area contributed by atoms with Crippen LogP contribution in [0.4, 0.5) is 0 Å². The number of carbonyl (C=O) groups excluding carboxylic acids is 1. The van der Waals surface area contributed by atoms with E-state index >= 15 is 0 Å². The highest BCUT2D eigenvalue weighted by Gasteiger charge is 2.09. The molecule has 3 heteroatoms. The van der Waals surface area contributed by atoms with Gasteiger partial charge in [-0.25, -0.2) is 4.79 Å². The lowest BCUT2D eigenvalue weighted by Gasteiger charge is -2.07. The Labute approximate surface area is 84.1 Å². The molecule has 0 aliphatic heterocycles. The zero-order valence-corrected chi connectivity index (χ0v) is 9.00. The van der Waals surface area contributed by atoms with Crippen molar-refractivity contribution in [1.29, 1.82) is 0 Å². The molecule has 0 atom stereocenters. The zero-order chi connectivity index (χ0) is 10.7. The average molecular weight is 193 g/mol. The van der Waals surface area contributed by atoms with Gasteiger partial charge in [-0.05, 0) is 25.0 Å². The molecular formula is C11H15NO2. The average Bonchev–Trinajstić information content (AvgIpc) is 2.15. The second-order valence-electron chi connectivity index (χ2n) is 3.57. The monoisotopic (exact) mass is 193 g/mol. The van der Waals surface area contributed by atoms with Gasteiger partial charge in [0.1, 0.15) is 0 Å². The Hall–Kier alpha value is -1.38. The highest BCUT2D eigenvalue weighted by Crippen LogP contribution is 2.15. The van der Waals surface area contributed by atoms with Crippen molar-refractivity contribution in [1.82, 2.24) is 4.98 Å². The fraction of sp³-hybridized carbons (Fsp3) is 0.455. The number of hydrogen-bond donors (Lipinski definition) is 0. The van der Waals surface area contributed by atoms with Gasteiger partial charge in [0.15, 0.2) is 0 Å². The maximum absolute atomic E-state index is 11.3. The van der Waals surface area contributed by atoms with Gasteiger partial charge in [0.05, 0.1) is 12.7 Å². The van der Waals surface area contributed by atoms with Gasteiger partial charge < -0.3 is 4.74 Å². The normalized spacial score (nSPS) is 10.4. The highest BCUT2D eigenvalue weighted by molar-refractivity contribution is 5.89. The molecule has 0 amide bonds. The largest absolute Gasteiger partial charge is 0.465 e. The minimum Gasteiger partial charge on any atom is -0.465 e. The summed E-state index contributed by atoms with van der Waals surface area (Å²) in [7, 11) is 1.38. The van der Waals surface area contributed by atoms with Gasteiger partial charge in [-0.1, -0.05) is 13.8 Å². The first-order valence-electron chi connectivity index (χ1n) is 4.61. The standard InChI is InChI=1S/C11H15NO2/c1-7(2)10-6-9(11(13)14-4)5-8(3)12-10/h5-7H,1-4H3. The number of methoxy groups -OCH3 is 1. The van der Waals surface area contributed by atoms with E-state index in [0.717, 1.165) is 11.4 Å². The van der Waals surface area contributed by atoms with Crippen LogP contribution in [0.25, 0.3) is 0 Å². The van der Waals surface area contributed by atoms with Crippen LogP contribution in [0, 0.1) is 6.92 Å². The second kappa shape index (κ2) is 4.22. The van der Waals surface area contributed by atoms with Gasteiger partial charge in [-0.3, -0.25) is 4.98 Å². The van der Waals surface area contributed by atoms with E-state index in [2.05, 4.69) is 9.72 Å². The number of ether oxygens (including phenoxy) is 1. The number of nitrogens with zero attached hydrogens (tertiary/aromatic N) is 1. The summed E-state index contributed by atoms with van der Waals surface area (Å²) < 4.78 is 4.66. The Morgan fingerprint density at radius 3 is 2.57 bits per heavy atom. The number of esters is 1. The molecule has 0 fully saturated rings. The van der Waals surface area contributed by atoms with Gasteiger partial charge >= 0.3 is 5.97 Å². The fourth-order valence-electron chi connectivity index (χ4n) is 1.23. The van der Waals surface area contributed by atoms with Gasteiger partial charge in [0, 0.05) is 11.4 Å². The van der Waals surface area contributed by atoms with E-state index in [4.69, 9.17) is 0 Å². The minimum absolute atomic E-state index is 0.308. The Morgan fingerprint density at radius 2 is 2.07 bits per heavy atom. The van der Waals surface area contributed by atoms with Crippen molar-refractivity contribution in [3.8, 4) is 0 Å². The van der Waals surface area contributed by atoms with Crippen molar-refractivity contribution in [2.45, 2.75) is 26.7 Å². The van der Waals surface area contributed by atoms with Crippen LogP contribution in [0.15, 0.2) is 12.1 Å². The summed E-state index contributed by atoms with van der Waals surface area (Å²) in [6.07, 6.45) is 0. The van der Waals surface area contributed by atoms with E-state index in [1.807, 2.05) is 20.8 Å². The van der Waals surface area contributed by atoms with Gasteiger partial charge in [0.25, 0.3) is 0 Å². The van der Waals surface area contributed by atoms with E-state index in [1.165, 1.54) is 7.11 Å².